The molecule has 0 bridgehead atoms. The summed E-state index contributed by atoms with van der Waals surface area (Å²) in [5, 5.41) is 6.04. The predicted molar refractivity (Wildman–Crippen MR) is 112 cm³/mol. The van der Waals surface area contributed by atoms with E-state index in [1.54, 1.807) is 18.2 Å². The first-order valence-electron chi connectivity index (χ1n) is 9.30. The highest BCUT2D eigenvalue weighted by molar-refractivity contribution is 7.80. The van der Waals surface area contributed by atoms with Gasteiger partial charge in [0.05, 0.1) is 6.61 Å². The van der Waals surface area contributed by atoms with Gasteiger partial charge >= 0.3 is 0 Å². The van der Waals surface area contributed by atoms with Gasteiger partial charge in [-0.05, 0) is 81.0 Å². The van der Waals surface area contributed by atoms with Crippen LogP contribution in [0, 0.1) is 0 Å². The number of carbonyl (C=O) groups excluding carboxylic acids is 1. The molecule has 1 saturated heterocycles. The van der Waals surface area contributed by atoms with Gasteiger partial charge in [0.2, 0.25) is 0 Å². The Morgan fingerprint density at radius 3 is 2.59 bits per heavy atom. The second-order valence-electron chi connectivity index (χ2n) is 6.55. The normalized spacial score (nSPS) is 14.0. The van der Waals surface area contributed by atoms with Crippen molar-refractivity contribution in [3.63, 3.8) is 0 Å². The van der Waals surface area contributed by atoms with E-state index in [-0.39, 0.29) is 11.0 Å². The summed E-state index contributed by atoms with van der Waals surface area (Å²) in [5.74, 6) is 0.400. The molecular weight excluding hydrogens is 358 g/mol. The molecule has 1 aliphatic heterocycles. The molecule has 3 rings (SSSR count). The van der Waals surface area contributed by atoms with Crippen LogP contribution in [0.3, 0.4) is 0 Å². The van der Waals surface area contributed by atoms with Gasteiger partial charge in [-0.1, -0.05) is 18.2 Å². The number of nitrogens with zero attached hydrogens (tertiary/aromatic N) is 1. The molecule has 0 radical (unpaired) electrons. The van der Waals surface area contributed by atoms with Gasteiger partial charge in [0, 0.05) is 17.8 Å². The number of likely N-dealkylation sites (tertiary alicyclic amines) is 1. The highest BCUT2D eigenvalue weighted by Gasteiger charge is 2.12. The Morgan fingerprint density at radius 1 is 1.15 bits per heavy atom. The molecule has 0 unspecified atom stereocenters. The number of anilines is 1. The third-order valence-electron chi connectivity index (χ3n) is 4.45. The number of carbonyl (C=O) groups is 1. The fourth-order valence-electron chi connectivity index (χ4n) is 3.12. The van der Waals surface area contributed by atoms with Gasteiger partial charge in [0.15, 0.2) is 5.11 Å². The number of benzene rings is 2. The van der Waals surface area contributed by atoms with Crippen LogP contribution in [0.2, 0.25) is 0 Å². The summed E-state index contributed by atoms with van der Waals surface area (Å²) in [4.78, 5) is 14.8. The minimum absolute atomic E-state index is 0.264. The lowest BCUT2D eigenvalue weighted by Crippen LogP contribution is -2.34. The quantitative estimate of drug-likeness (QED) is 0.743. The van der Waals surface area contributed by atoms with E-state index in [9.17, 15) is 4.79 Å². The fourth-order valence-corrected chi connectivity index (χ4v) is 3.33. The smallest absolute Gasteiger partial charge is 0.257 e. The van der Waals surface area contributed by atoms with E-state index >= 15 is 0 Å². The SMILES string of the molecule is CCOc1cccc(C(=O)NC(=S)Nc2ccc(CN3CCCC3)cc2)c1. The third-order valence-corrected chi connectivity index (χ3v) is 4.66. The number of hydrogen-bond acceptors (Lipinski definition) is 4. The number of thiocarbonyl (C=S) groups is 1. The molecule has 142 valence electrons. The summed E-state index contributed by atoms with van der Waals surface area (Å²) in [6, 6.07) is 15.2. The average Bonchev–Trinajstić information content (AvgIpc) is 3.17. The van der Waals surface area contributed by atoms with Crippen LogP contribution in [-0.4, -0.2) is 35.6 Å². The van der Waals surface area contributed by atoms with Crippen molar-refractivity contribution in [2.45, 2.75) is 26.3 Å². The van der Waals surface area contributed by atoms with E-state index in [1.165, 1.54) is 31.5 Å². The summed E-state index contributed by atoms with van der Waals surface area (Å²) in [6.45, 7) is 5.81. The lowest BCUT2D eigenvalue weighted by Gasteiger charge is -2.15. The Bertz CT molecular complexity index is 786. The maximum Gasteiger partial charge on any atom is 0.257 e. The second kappa shape index (κ2) is 9.48. The molecule has 0 aliphatic carbocycles. The zero-order chi connectivity index (χ0) is 19.1. The number of amides is 1. The van der Waals surface area contributed by atoms with Gasteiger partial charge in [0.25, 0.3) is 5.91 Å². The molecule has 27 heavy (non-hydrogen) atoms. The van der Waals surface area contributed by atoms with Gasteiger partial charge in [-0.15, -0.1) is 0 Å². The first-order valence-corrected chi connectivity index (χ1v) is 9.71. The first-order chi connectivity index (χ1) is 13.1. The molecule has 6 heteroatoms. The molecular formula is C21H25N3O2S. The number of hydrogen-bond donors (Lipinski definition) is 2. The monoisotopic (exact) mass is 383 g/mol. The van der Waals surface area contributed by atoms with E-state index in [1.807, 2.05) is 25.1 Å². The van der Waals surface area contributed by atoms with Crippen molar-refractivity contribution in [2.75, 3.05) is 25.0 Å². The third kappa shape index (κ3) is 5.77. The van der Waals surface area contributed by atoms with Crippen LogP contribution >= 0.6 is 12.2 Å². The van der Waals surface area contributed by atoms with Crippen molar-refractivity contribution in [1.29, 1.82) is 0 Å². The molecule has 5 nitrogen and oxygen atoms in total. The zero-order valence-electron chi connectivity index (χ0n) is 15.5. The molecule has 2 aromatic rings. The van der Waals surface area contributed by atoms with Crippen LogP contribution in [0.5, 0.6) is 5.75 Å². The van der Waals surface area contributed by atoms with Crippen molar-refractivity contribution >= 4 is 28.9 Å². The predicted octanol–water partition coefficient (Wildman–Crippen LogP) is 3.81. The Balaban J connectivity index is 1.52. The van der Waals surface area contributed by atoms with E-state index in [0.717, 1.165) is 12.2 Å². The molecule has 0 spiro atoms. The maximum atomic E-state index is 12.3. The van der Waals surface area contributed by atoms with Crippen LogP contribution in [0.25, 0.3) is 0 Å². The van der Waals surface area contributed by atoms with E-state index in [0.29, 0.717) is 17.9 Å². The highest BCUT2D eigenvalue weighted by atomic mass is 32.1. The van der Waals surface area contributed by atoms with Crippen molar-refractivity contribution in [3.8, 4) is 5.75 Å². The van der Waals surface area contributed by atoms with Crippen LogP contribution in [0.1, 0.15) is 35.7 Å². The molecule has 2 aromatic carbocycles. The fraction of sp³-hybridized carbons (Fsp3) is 0.333. The lowest BCUT2D eigenvalue weighted by molar-refractivity contribution is 0.0977. The van der Waals surface area contributed by atoms with E-state index in [4.69, 9.17) is 17.0 Å². The summed E-state index contributed by atoms with van der Waals surface area (Å²) >= 11 is 5.26. The van der Waals surface area contributed by atoms with Gasteiger partial charge in [-0.3, -0.25) is 15.0 Å². The van der Waals surface area contributed by atoms with Gasteiger partial charge in [-0.2, -0.15) is 0 Å². The minimum Gasteiger partial charge on any atom is -0.494 e. The number of rotatable bonds is 6. The van der Waals surface area contributed by atoms with Crippen molar-refractivity contribution in [1.82, 2.24) is 10.2 Å². The standard InChI is InChI=1S/C21H25N3O2S/c1-2-26-19-7-5-6-17(14-19)20(25)23-21(27)22-18-10-8-16(9-11-18)15-24-12-3-4-13-24/h5-11,14H,2-4,12-13,15H2,1H3,(H2,22,23,25,27). The van der Waals surface area contributed by atoms with Gasteiger partial charge < -0.3 is 10.1 Å². The number of ether oxygens (including phenoxy) is 1. The van der Waals surface area contributed by atoms with Crippen molar-refractivity contribution in [3.05, 3.63) is 59.7 Å². The Hall–Kier alpha value is -2.44. The molecule has 0 saturated carbocycles. The second-order valence-corrected chi connectivity index (χ2v) is 6.96. The molecule has 1 heterocycles. The molecule has 0 aromatic heterocycles. The van der Waals surface area contributed by atoms with Crippen LogP contribution in [0.15, 0.2) is 48.5 Å². The highest BCUT2D eigenvalue weighted by Crippen LogP contribution is 2.16. The zero-order valence-corrected chi connectivity index (χ0v) is 16.3. The molecule has 1 fully saturated rings. The first kappa shape index (κ1) is 19.3. The summed E-state index contributed by atoms with van der Waals surface area (Å²) < 4.78 is 5.42. The topological polar surface area (TPSA) is 53.6 Å². The Labute approximate surface area is 165 Å². The molecule has 2 N–H and O–H groups in total. The minimum atomic E-state index is -0.264. The lowest BCUT2D eigenvalue weighted by atomic mass is 10.2. The number of nitrogens with one attached hydrogen (secondary N) is 2. The Morgan fingerprint density at radius 2 is 1.89 bits per heavy atom. The van der Waals surface area contributed by atoms with Crippen LogP contribution in [-0.2, 0) is 6.54 Å². The molecule has 0 atom stereocenters. The Kier molecular flexibility index (Phi) is 6.79. The maximum absolute atomic E-state index is 12.3. The summed E-state index contributed by atoms with van der Waals surface area (Å²) in [6.07, 6.45) is 2.59. The van der Waals surface area contributed by atoms with Gasteiger partial charge in [0.1, 0.15) is 5.75 Å². The molecule has 1 amide bonds. The van der Waals surface area contributed by atoms with Crippen molar-refractivity contribution < 1.29 is 9.53 Å². The van der Waals surface area contributed by atoms with Crippen LogP contribution < -0.4 is 15.4 Å². The average molecular weight is 384 g/mol. The molecule has 1 aliphatic rings. The van der Waals surface area contributed by atoms with E-state index < -0.39 is 0 Å². The largest absolute Gasteiger partial charge is 0.494 e. The van der Waals surface area contributed by atoms with Crippen molar-refractivity contribution in [2.24, 2.45) is 0 Å². The summed E-state index contributed by atoms with van der Waals surface area (Å²) in [5.41, 5.74) is 2.64. The van der Waals surface area contributed by atoms with E-state index in [2.05, 4.69) is 27.7 Å². The van der Waals surface area contributed by atoms with Crippen LogP contribution in [0.4, 0.5) is 5.69 Å². The summed E-state index contributed by atoms with van der Waals surface area (Å²) in [7, 11) is 0. The van der Waals surface area contributed by atoms with Gasteiger partial charge in [-0.25, -0.2) is 0 Å².